The number of hydrogen-bond acceptors (Lipinski definition) is 3. The molecule has 2 N–H and O–H groups in total. The van der Waals surface area contributed by atoms with Gasteiger partial charge in [-0.25, -0.2) is 0 Å². The second-order valence-electron chi connectivity index (χ2n) is 4.30. The standard InChI is InChI=1S/C14H18ClNO3S/c1-2-10(9-14(18)19)16-13(17)7-8-20-12-6-4-3-5-11(12)15/h3-6,10H,2,7-9H2,1H3,(H,16,17)(H,18,19). The van der Waals surface area contributed by atoms with Crippen molar-refractivity contribution in [3.05, 3.63) is 29.3 Å². The highest BCUT2D eigenvalue weighted by atomic mass is 35.5. The summed E-state index contributed by atoms with van der Waals surface area (Å²) in [5.41, 5.74) is 0. The third-order valence-electron chi connectivity index (χ3n) is 2.70. The molecule has 0 fully saturated rings. The molecular formula is C14H18ClNO3S. The Hall–Kier alpha value is -1.20. The molecule has 0 aliphatic heterocycles. The van der Waals surface area contributed by atoms with Crippen molar-refractivity contribution >= 4 is 35.2 Å². The van der Waals surface area contributed by atoms with Gasteiger partial charge in [0, 0.05) is 23.1 Å². The third-order valence-corrected chi connectivity index (χ3v) is 4.22. The van der Waals surface area contributed by atoms with Gasteiger partial charge >= 0.3 is 5.97 Å². The van der Waals surface area contributed by atoms with Gasteiger partial charge in [0.1, 0.15) is 0 Å². The van der Waals surface area contributed by atoms with Crippen molar-refractivity contribution in [1.82, 2.24) is 5.32 Å². The minimum absolute atomic E-state index is 0.0418. The maximum Gasteiger partial charge on any atom is 0.305 e. The van der Waals surface area contributed by atoms with Crippen molar-refractivity contribution in [2.75, 3.05) is 5.75 Å². The number of carbonyl (C=O) groups excluding carboxylic acids is 1. The summed E-state index contributed by atoms with van der Waals surface area (Å²) in [6.45, 7) is 1.85. The molecule has 0 spiro atoms. The van der Waals surface area contributed by atoms with Crippen LogP contribution in [0.25, 0.3) is 0 Å². The number of halogens is 1. The number of rotatable bonds is 8. The minimum Gasteiger partial charge on any atom is -0.481 e. The molecule has 1 aromatic rings. The second kappa shape index (κ2) is 8.87. The SMILES string of the molecule is CCC(CC(=O)O)NC(=O)CCSc1ccccc1Cl. The normalized spacial score (nSPS) is 11.9. The molecule has 1 amide bonds. The van der Waals surface area contributed by atoms with E-state index in [1.165, 1.54) is 11.8 Å². The molecule has 0 saturated heterocycles. The number of carboxylic acids is 1. The van der Waals surface area contributed by atoms with E-state index in [0.717, 1.165) is 4.90 Å². The van der Waals surface area contributed by atoms with Crippen LogP contribution in [-0.4, -0.2) is 28.8 Å². The van der Waals surface area contributed by atoms with Crippen molar-refractivity contribution in [2.45, 2.75) is 37.1 Å². The van der Waals surface area contributed by atoms with Crippen LogP contribution < -0.4 is 5.32 Å². The van der Waals surface area contributed by atoms with E-state index < -0.39 is 5.97 Å². The van der Waals surface area contributed by atoms with E-state index >= 15 is 0 Å². The molecule has 20 heavy (non-hydrogen) atoms. The lowest BCUT2D eigenvalue weighted by molar-refractivity contribution is -0.137. The fraction of sp³-hybridized carbons (Fsp3) is 0.429. The predicted octanol–water partition coefficient (Wildman–Crippen LogP) is 3.19. The Morgan fingerprint density at radius 3 is 2.70 bits per heavy atom. The molecule has 1 unspecified atom stereocenters. The molecule has 0 aromatic heterocycles. The molecule has 1 atom stereocenters. The first-order chi connectivity index (χ1) is 9.52. The number of benzene rings is 1. The van der Waals surface area contributed by atoms with Crippen molar-refractivity contribution in [3.63, 3.8) is 0 Å². The first kappa shape index (κ1) is 16.9. The van der Waals surface area contributed by atoms with Gasteiger partial charge in [0.25, 0.3) is 0 Å². The average molecular weight is 316 g/mol. The van der Waals surface area contributed by atoms with Gasteiger partial charge in [-0.05, 0) is 18.6 Å². The van der Waals surface area contributed by atoms with Gasteiger partial charge in [-0.3, -0.25) is 9.59 Å². The molecule has 6 heteroatoms. The van der Waals surface area contributed by atoms with Gasteiger partial charge in [0.2, 0.25) is 5.91 Å². The van der Waals surface area contributed by atoms with Crippen LogP contribution in [0.15, 0.2) is 29.2 Å². The van der Waals surface area contributed by atoms with E-state index in [2.05, 4.69) is 5.32 Å². The summed E-state index contributed by atoms with van der Waals surface area (Å²) in [5.74, 6) is -0.417. The predicted molar refractivity (Wildman–Crippen MR) is 81.3 cm³/mol. The third kappa shape index (κ3) is 6.30. The lowest BCUT2D eigenvalue weighted by Crippen LogP contribution is -2.36. The maximum atomic E-state index is 11.7. The molecular weight excluding hydrogens is 298 g/mol. The number of aliphatic carboxylic acids is 1. The van der Waals surface area contributed by atoms with Crippen LogP contribution in [0.2, 0.25) is 5.02 Å². The summed E-state index contributed by atoms with van der Waals surface area (Å²) >= 11 is 7.53. The summed E-state index contributed by atoms with van der Waals surface area (Å²) in [4.78, 5) is 23.3. The smallest absolute Gasteiger partial charge is 0.305 e. The maximum absolute atomic E-state index is 11.7. The molecule has 1 aromatic carbocycles. The van der Waals surface area contributed by atoms with Gasteiger partial charge in [0.05, 0.1) is 11.4 Å². The summed E-state index contributed by atoms with van der Waals surface area (Å²) in [6.07, 6.45) is 0.904. The van der Waals surface area contributed by atoms with Gasteiger partial charge in [-0.15, -0.1) is 11.8 Å². The Bertz CT molecular complexity index is 467. The van der Waals surface area contributed by atoms with Crippen LogP contribution in [0.4, 0.5) is 0 Å². The number of hydrogen-bond donors (Lipinski definition) is 2. The molecule has 110 valence electrons. The molecule has 1 rings (SSSR count). The highest BCUT2D eigenvalue weighted by Crippen LogP contribution is 2.26. The van der Waals surface area contributed by atoms with E-state index in [-0.39, 0.29) is 18.4 Å². The lowest BCUT2D eigenvalue weighted by Gasteiger charge is -2.14. The first-order valence-electron chi connectivity index (χ1n) is 6.41. The van der Waals surface area contributed by atoms with E-state index in [1.807, 2.05) is 31.2 Å². The fourth-order valence-corrected chi connectivity index (χ4v) is 2.81. The van der Waals surface area contributed by atoms with Crippen LogP contribution in [0.1, 0.15) is 26.2 Å². The summed E-state index contributed by atoms with van der Waals surface area (Å²) in [7, 11) is 0. The number of nitrogens with one attached hydrogen (secondary N) is 1. The number of amides is 1. The van der Waals surface area contributed by atoms with Gasteiger partial charge < -0.3 is 10.4 Å². The number of carboxylic acid groups (broad SMARTS) is 1. The summed E-state index contributed by atoms with van der Waals surface area (Å²) in [5, 5.41) is 12.1. The highest BCUT2D eigenvalue weighted by molar-refractivity contribution is 7.99. The van der Waals surface area contributed by atoms with E-state index in [0.29, 0.717) is 23.6 Å². The second-order valence-corrected chi connectivity index (χ2v) is 5.84. The van der Waals surface area contributed by atoms with Gasteiger partial charge in [-0.2, -0.15) is 0 Å². The van der Waals surface area contributed by atoms with E-state index in [9.17, 15) is 9.59 Å². The number of carbonyl (C=O) groups is 2. The summed E-state index contributed by atoms with van der Waals surface area (Å²) in [6, 6.07) is 7.17. The Balaban J connectivity index is 2.33. The largest absolute Gasteiger partial charge is 0.481 e. The topological polar surface area (TPSA) is 66.4 Å². The highest BCUT2D eigenvalue weighted by Gasteiger charge is 2.13. The van der Waals surface area contributed by atoms with Crippen molar-refractivity contribution in [3.8, 4) is 0 Å². The van der Waals surface area contributed by atoms with Crippen LogP contribution in [-0.2, 0) is 9.59 Å². The van der Waals surface area contributed by atoms with Crippen LogP contribution in [0.5, 0.6) is 0 Å². The molecule has 0 heterocycles. The van der Waals surface area contributed by atoms with Crippen LogP contribution in [0.3, 0.4) is 0 Å². The quantitative estimate of drug-likeness (QED) is 0.723. The minimum atomic E-state index is -0.900. The molecule has 0 aliphatic rings. The fourth-order valence-electron chi connectivity index (χ4n) is 1.62. The Morgan fingerprint density at radius 2 is 2.10 bits per heavy atom. The van der Waals surface area contributed by atoms with Crippen LogP contribution >= 0.6 is 23.4 Å². The Labute approximate surface area is 127 Å². The Morgan fingerprint density at radius 1 is 1.40 bits per heavy atom. The number of thioether (sulfide) groups is 1. The lowest BCUT2D eigenvalue weighted by atomic mass is 10.1. The van der Waals surface area contributed by atoms with Crippen molar-refractivity contribution in [2.24, 2.45) is 0 Å². The zero-order valence-corrected chi connectivity index (χ0v) is 12.8. The Kier molecular flexibility index (Phi) is 7.47. The van der Waals surface area contributed by atoms with Crippen molar-refractivity contribution < 1.29 is 14.7 Å². The summed E-state index contributed by atoms with van der Waals surface area (Å²) < 4.78 is 0. The zero-order valence-electron chi connectivity index (χ0n) is 11.3. The molecule has 0 saturated carbocycles. The molecule has 0 bridgehead atoms. The van der Waals surface area contributed by atoms with Crippen LogP contribution in [0, 0.1) is 0 Å². The van der Waals surface area contributed by atoms with Gasteiger partial charge in [0.15, 0.2) is 0 Å². The molecule has 4 nitrogen and oxygen atoms in total. The molecule has 0 radical (unpaired) electrons. The van der Waals surface area contributed by atoms with Gasteiger partial charge in [-0.1, -0.05) is 30.7 Å². The van der Waals surface area contributed by atoms with E-state index in [1.54, 1.807) is 0 Å². The zero-order chi connectivity index (χ0) is 15.0. The van der Waals surface area contributed by atoms with E-state index in [4.69, 9.17) is 16.7 Å². The monoisotopic (exact) mass is 315 g/mol. The first-order valence-corrected chi connectivity index (χ1v) is 7.77. The average Bonchev–Trinajstić information content (AvgIpc) is 2.39. The van der Waals surface area contributed by atoms with Crippen molar-refractivity contribution in [1.29, 1.82) is 0 Å². The molecule has 0 aliphatic carbocycles.